The summed E-state index contributed by atoms with van der Waals surface area (Å²) in [5.74, 6) is 1.53. The van der Waals surface area contributed by atoms with Crippen molar-refractivity contribution in [3.63, 3.8) is 0 Å². The number of amides is 2. The predicted octanol–water partition coefficient (Wildman–Crippen LogP) is 2.69. The lowest BCUT2D eigenvalue weighted by Gasteiger charge is -2.18. The molecule has 0 heterocycles. The maximum atomic E-state index is 13.0. The molecule has 2 saturated carbocycles. The van der Waals surface area contributed by atoms with Crippen LogP contribution in [-0.2, 0) is 0 Å². The van der Waals surface area contributed by atoms with E-state index in [2.05, 4.69) is 10.6 Å². The van der Waals surface area contributed by atoms with Crippen molar-refractivity contribution in [2.24, 2.45) is 11.8 Å². The van der Waals surface area contributed by atoms with Crippen LogP contribution in [0.2, 0.25) is 0 Å². The maximum Gasteiger partial charge on any atom is 0.315 e. The molecule has 0 spiro atoms. The van der Waals surface area contributed by atoms with Gasteiger partial charge in [0.15, 0.2) is 0 Å². The molecular formula is C16H21FN2O2. The third-order valence-corrected chi connectivity index (χ3v) is 4.01. The SMILES string of the molecule is O=C(NCCOc1cccc(F)c1)NC(C1CC1)C1CC1. The first-order valence-electron chi connectivity index (χ1n) is 7.65. The number of carbonyl (C=O) groups is 1. The third-order valence-electron chi connectivity index (χ3n) is 4.01. The first-order chi connectivity index (χ1) is 10.2. The second-order valence-corrected chi connectivity index (χ2v) is 5.91. The van der Waals surface area contributed by atoms with E-state index in [1.807, 2.05) is 0 Å². The summed E-state index contributed by atoms with van der Waals surface area (Å²) >= 11 is 0. The van der Waals surface area contributed by atoms with Gasteiger partial charge in [-0.1, -0.05) is 6.07 Å². The van der Waals surface area contributed by atoms with Crippen LogP contribution in [0.3, 0.4) is 0 Å². The van der Waals surface area contributed by atoms with Crippen LogP contribution in [0.5, 0.6) is 5.75 Å². The van der Waals surface area contributed by atoms with Crippen molar-refractivity contribution in [3.05, 3.63) is 30.1 Å². The second-order valence-electron chi connectivity index (χ2n) is 5.91. The van der Waals surface area contributed by atoms with Gasteiger partial charge < -0.3 is 15.4 Å². The van der Waals surface area contributed by atoms with E-state index in [1.54, 1.807) is 12.1 Å². The average molecular weight is 292 g/mol. The smallest absolute Gasteiger partial charge is 0.315 e. The molecule has 1 aromatic carbocycles. The fourth-order valence-electron chi connectivity index (χ4n) is 2.62. The van der Waals surface area contributed by atoms with Crippen LogP contribution < -0.4 is 15.4 Å². The van der Waals surface area contributed by atoms with Gasteiger partial charge in [-0.3, -0.25) is 0 Å². The Kier molecular flexibility index (Phi) is 4.27. The van der Waals surface area contributed by atoms with Gasteiger partial charge >= 0.3 is 6.03 Å². The zero-order valence-electron chi connectivity index (χ0n) is 12.0. The first kappa shape index (κ1) is 14.2. The molecule has 1 aromatic rings. The Hall–Kier alpha value is -1.78. The van der Waals surface area contributed by atoms with E-state index < -0.39 is 0 Å². The van der Waals surface area contributed by atoms with Gasteiger partial charge in [0.05, 0.1) is 6.54 Å². The molecule has 0 aliphatic heterocycles. The molecule has 2 aliphatic rings. The minimum atomic E-state index is -0.324. The first-order valence-corrected chi connectivity index (χ1v) is 7.65. The third kappa shape index (κ3) is 4.34. The van der Waals surface area contributed by atoms with Crippen LogP contribution >= 0.6 is 0 Å². The molecule has 0 bridgehead atoms. The highest BCUT2D eigenvalue weighted by atomic mass is 19.1. The van der Waals surface area contributed by atoms with Crippen LogP contribution in [0.25, 0.3) is 0 Å². The summed E-state index contributed by atoms with van der Waals surface area (Å²) in [6, 6.07) is 6.22. The van der Waals surface area contributed by atoms with Gasteiger partial charge in [0, 0.05) is 12.1 Å². The lowest BCUT2D eigenvalue weighted by Crippen LogP contribution is -2.45. The number of urea groups is 1. The molecule has 0 saturated heterocycles. The molecule has 4 nitrogen and oxygen atoms in total. The van der Waals surface area contributed by atoms with E-state index in [0.717, 1.165) is 0 Å². The number of hydrogen-bond donors (Lipinski definition) is 2. The Morgan fingerprint density at radius 3 is 2.62 bits per heavy atom. The Labute approximate surface area is 124 Å². The fourth-order valence-corrected chi connectivity index (χ4v) is 2.62. The van der Waals surface area contributed by atoms with Crippen molar-refractivity contribution in [1.29, 1.82) is 0 Å². The standard InChI is InChI=1S/C16H21FN2O2/c17-13-2-1-3-14(10-13)21-9-8-18-16(20)19-15(11-4-5-11)12-6-7-12/h1-3,10-12,15H,4-9H2,(H2,18,19,20). The summed E-state index contributed by atoms with van der Waals surface area (Å²) in [6.07, 6.45) is 4.96. The molecule has 0 atom stereocenters. The van der Waals surface area contributed by atoms with E-state index in [1.165, 1.54) is 37.8 Å². The van der Waals surface area contributed by atoms with Gasteiger partial charge in [-0.05, 0) is 49.7 Å². The molecule has 2 fully saturated rings. The van der Waals surface area contributed by atoms with Crippen LogP contribution in [0.1, 0.15) is 25.7 Å². The molecular weight excluding hydrogens is 271 g/mol. The second kappa shape index (κ2) is 6.33. The number of rotatable bonds is 7. The number of ether oxygens (including phenoxy) is 1. The summed E-state index contributed by atoms with van der Waals surface area (Å²) in [6.45, 7) is 0.735. The quantitative estimate of drug-likeness (QED) is 0.759. The van der Waals surface area contributed by atoms with Gasteiger partial charge in [0.25, 0.3) is 0 Å². The summed E-state index contributed by atoms with van der Waals surface area (Å²) in [5.41, 5.74) is 0. The van der Waals surface area contributed by atoms with Crippen molar-refractivity contribution in [2.75, 3.05) is 13.2 Å². The Balaban J connectivity index is 1.34. The normalized spacial score (nSPS) is 17.6. The highest BCUT2D eigenvalue weighted by Crippen LogP contribution is 2.44. The van der Waals surface area contributed by atoms with Gasteiger partial charge in [0.2, 0.25) is 0 Å². The number of carbonyl (C=O) groups excluding carboxylic acids is 1. The number of nitrogens with one attached hydrogen (secondary N) is 2. The van der Waals surface area contributed by atoms with Crippen molar-refractivity contribution >= 4 is 6.03 Å². The molecule has 0 radical (unpaired) electrons. The van der Waals surface area contributed by atoms with Gasteiger partial charge in [-0.2, -0.15) is 0 Å². The van der Waals surface area contributed by atoms with Crippen molar-refractivity contribution in [2.45, 2.75) is 31.7 Å². The Morgan fingerprint density at radius 2 is 2.00 bits per heavy atom. The van der Waals surface area contributed by atoms with E-state index in [9.17, 15) is 9.18 Å². The molecule has 114 valence electrons. The topological polar surface area (TPSA) is 50.4 Å². The highest BCUT2D eigenvalue weighted by molar-refractivity contribution is 5.74. The van der Waals surface area contributed by atoms with Gasteiger partial charge in [-0.25, -0.2) is 9.18 Å². The molecule has 0 aromatic heterocycles. The van der Waals surface area contributed by atoms with E-state index >= 15 is 0 Å². The fraction of sp³-hybridized carbons (Fsp3) is 0.562. The predicted molar refractivity (Wildman–Crippen MR) is 77.7 cm³/mol. The minimum absolute atomic E-state index is 0.123. The monoisotopic (exact) mass is 292 g/mol. The number of hydrogen-bond acceptors (Lipinski definition) is 2. The van der Waals surface area contributed by atoms with E-state index in [-0.39, 0.29) is 11.8 Å². The molecule has 2 amide bonds. The van der Waals surface area contributed by atoms with E-state index in [4.69, 9.17) is 4.74 Å². The largest absolute Gasteiger partial charge is 0.492 e. The summed E-state index contributed by atoms with van der Waals surface area (Å²) < 4.78 is 18.3. The Bertz CT molecular complexity index is 489. The number of benzene rings is 1. The number of halogens is 1. The van der Waals surface area contributed by atoms with Crippen molar-refractivity contribution in [3.8, 4) is 5.75 Å². The average Bonchev–Trinajstić information content (AvgIpc) is 3.35. The molecule has 3 rings (SSSR count). The molecule has 5 heteroatoms. The van der Waals surface area contributed by atoms with Gasteiger partial charge in [-0.15, -0.1) is 0 Å². The van der Waals surface area contributed by atoms with E-state index in [0.29, 0.717) is 36.8 Å². The summed E-state index contributed by atoms with van der Waals surface area (Å²) in [4.78, 5) is 11.8. The molecule has 21 heavy (non-hydrogen) atoms. The van der Waals surface area contributed by atoms with Crippen LogP contribution in [-0.4, -0.2) is 25.2 Å². The van der Waals surface area contributed by atoms with Crippen molar-refractivity contribution in [1.82, 2.24) is 10.6 Å². The maximum absolute atomic E-state index is 13.0. The molecule has 2 aliphatic carbocycles. The zero-order valence-corrected chi connectivity index (χ0v) is 12.0. The lowest BCUT2D eigenvalue weighted by atomic mass is 10.1. The summed E-state index contributed by atoms with van der Waals surface area (Å²) in [7, 11) is 0. The van der Waals surface area contributed by atoms with Gasteiger partial charge in [0.1, 0.15) is 18.2 Å². The Morgan fingerprint density at radius 1 is 1.29 bits per heavy atom. The highest BCUT2D eigenvalue weighted by Gasteiger charge is 2.42. The zero-order chi connectivity index (χ0) is 14.7. The van der Waals surface area contributed by atoms with Crippen LogP contribution in [0.15, 0.2) is 24.3 Å². The van der Waals surface area contributed by atoms with Crippen molar-refractivity contribution < 1.29 is 13.9 Å². The lowest BCUT2D eigenvalue weighted by molar-refractivity contribution is 0.229. The van der Waals surface area contributed by atoms with Crippen LogP contribution in [0.4, 0.5) is 9.18 Å². The summed E-state index contributed by atoms with van der Waals surface area (Å²) in [5, 5.41) is 5.88. The molecule has 2 N–H and O–H groups in total. The molecule has 0 unspecified atom stereocenters. The minimum Gasteiger partial charge on any atom is -0.492 e. The van der Waals surface area contributed by atoms with Crippen LogP contribution in [0, 0.1) is 17.7 Å².